The van der Waals surface area contributed by atoms with E-state index in [2.05, 4.69) is 9.97 Å². The van der Waals surface area contributed by atoms with Crippen molar-refractivity contribution in [2.45, 2.75) is 0 Å². The van der Waals surface area contributed by atoms with Crippen LogP contribution in [0.25, 0.3) is 90.2 Å². The maximum Gasteiger partial charge on any atom is 0.284 e. The zero-order valence-electron chi connectivity index (χ0n) is 22.8. The van der Waals surface area contributed by atoms with Crippen LogP contribution in [0.4, 0.5) is 11.4 Å². The van der Waals surface area contributed by atoms with E-state index < -0.39 is 0 Å². The Kier molecular flexibility index (Phi) is 4.97. The molecule has 0 radical (unpaired) electrons. The average Bonchev–Trinajstić information content (AvgIpc) is 3.83. The molecule has 0 spiro atoms. The molecule has 0 saturated heterocycles. The number of para-hydroxylation sites is 2. The molecule has 10 nitrogen and oxygen atoms in total. The molecule has 4 heterocycles. The third-order valence-electron chi connectivity index (χ3n) is 7.53. The van der Waals surface area contributed by atoms with E-state index in [0.717, 1.165) is 22.3 Å². The average molecular weight is 577 g/mol. The number of fused-ring (bicyclic) bond motifs is 4. The van der Waals surface area contributed by atoms with Crippen LogP contribution < -0.4 is 11.5 Å². The molecule has 0 bridgehead atoms. The molecule has 5 aromatic carbocycles. The maximum atomic E-state index is 6.04. The summed E-state index contributed by atoms with van der Waals surface area (Å²) in [5.41, 5.74) is 22.0. The summed E-state index contributed by atoms with van der Waals surface area (Å²) in [6.45, 7) is 0. The summed E-state index contributed by atoms with van der Waals surface area (Å²) >= 11 is 0. The molecule has 9 rings (SSSR count). The van der Waals surface area contributed by atoms with Crippen molar-refractivity contribution in [2.75, 3.05) is 11.5 Å². The number of hydrogen-bond donors (Lipinski definition) is 2. The molecule has 10 heteroatoms. The van der Waals surface area contributed by atoms with Gasteiger partial charge in [-0.1, -0.05) is 48.5 Å². The Labute approximate surface area is 247 Å². The monoisotopic (exact) mass is 576 g/mol. The van der Waals surface area contributed by atoms with Crippen LogP contribution in [-0.2, 0) is 0 Å². The maximum absolute atomic E-state index is 6.04. The highest BCUT2D eigenvalue weighted by Crippen LogP contribution is 2.36. The van der Waals surface area contributed by atoms with Crippen molar-refractivity contribution in [1.29, 1.82) is 0 Å². The quantitative estimate of drug-likeness (QED) is 0.196. The molecule has 0 fully saturated rings. The Morgan fingerprint density at radius 2 is 0.818 bits per heavy atom. The third kappa shape index (κ3) is 3.82. The fourth-order valence-electron chi connectivity index (χ4n) is 5.45. The molecule has 0 aliphatic rings. The van der Waals surface area contributed by atoms with E-state index in [9.17, 15) is 0 Å². The lowest BCUT2D eigenvalue weighted by molar-refractivity contribution is 0.550. The van der Waals surface area contributed by atoms with Crippen LogP contribution in [0, 0.1) is 0 Å². The molecule has 4 aromatic heterocycles. The Morgan fingerprint density at radius 3 is 1.27 bits per heavy atom. The zero-order valence-corrected chi connectivity index (χ0v) is 22.8. The number of hydrogen-bond acceptors (Lipinski definition) is 10. The smallest absolute Gasteiger partial charge is 0.284 e. The molecule has 0 aliphatic heterocycles. The number of benzene rings is 5. The van der Waals surface area contributed by atoms with Gasteiger partial charge in [0.25, 0.3) is 23.6 Å². The van der Waals surface area contributed by atoms with Gasteiger partial charge in [0.1, 0.15) is 22.1 Å². The molecule has 0 unspecified atom stereocenters. The summed E-state index contributed by atoms with van der Waals surface area (Å²) < 4.78 is 23.9. The van der Waals surface area contributed by atoms with E-state index in [4.69, 9.17) is 39.1 Å². The normalized spacial score (nSPS) is 11.8. The first-order valence-corrected chi connectivity index (χ1v) is 13.8. The van der Waals surface area contributed by atoms with Gasteiger partial charge in [-0.05, 0) is 59.7 Å². The number of nitrogens with two attached hydrogens (primary N) is 2. The van der Waals surface area contributed by atoms with Gasteiger partial charge in [-0.25, -0.2) is 19.9 Å². The third-order valence-corrected chi connectivity index (χ3v) is 7.53. The fourth-order valence-corrected chi connectivity index (χ4v) is 5.45. The van der Waals surface area contributed by atoms with Gasteiger partial charge in [0.05, 0.1) is 0 Å². The first kappa shape index (κ1) is 24.2. The number of nitrogens with zero attached hydrogens (tertiary/aromatic N) is 4. The molecule has 9 aromatic rings. The summed E-state index contributed by atoms with van der Waals surface area (Å²) in [6.07, 6.45) is 0. The van der Waals surface area contributed by atoms with Gasteiger partial charge >= 0.3 is 0 Å². The second kappa shape index (κ2) is 9.04. The van der Waals surface area contributed by atoms with Gasteiger partial charge in [-0.3, -0.25) is 0 Å². The van der Waals surface area contributed by atoms with E-state index in [1.807, 2.05) is 60.7 Å². The van der Waals surface area contributed by atoms with Crippen molar-refractivity contribution in [3.63, 3.8) is 0 Å². The number of oxazole rings is 4. The lowest BCUT2D eigenvalue weighted by Gasteiger charge is -2.06. The summed E-state index contributed by atoms with van der Waals surface area (Å²) in [5.74, 6) is 1.19. The summed E-state index contributed by atoms with van der Waals surface area (Å²) in [5, 5.41) is 0. The second-order valence-corrected chi connectivity index (χ2v) is 10.4. The van der Waals surface area contributed by atoms with Gasteiger partial charge in [0.15, 0.2) is 22.3 Å². The minimum Gasteiger partial charge on any atom is -0.432 e. The highest BCUT2D eigenvalue weighted by atomic mass is 16.4. The Bertz CT molecular complexity index is 2360. The highest BCUT2D eigenvalue weighted by molar-refractivity contribution is 5.95. The highest BCUT2D eigenvalue weighted by Gasteiger charge is 2.20. The lowest BCUT2D eigenvalue weighted by Crippen LogP contribution is -1.84. The Hall–Kier alpha value is -6.42. The molecular weight excluding hydrogens is 556 g/mol. The molecule has 0 aliphatic carbocycles. The molecule has 210 valence electrons. The fraction of sp³-hybridized carbons (Fsp3) is 0. The number of rotatable bonds is 4. The summed E-state index contributed by atoms with van der Waals surface area (Å²) in [7, 11) is 0. The van der Waals surface area contributed by atoms with E-state index in [-0.39, 0.29) is 0 Å². The minimum absolute atomic E-state index is 0.296. The summed E-state index contributed by atoms with van der Waals surface area (Å²) in [4.78, 5) is 18.5. The molecule has 4 N–H and O–H groups in total. The summed E-state index contributed by atoms with van der Waals surface area (Å²) in [6, 6.07) is 30.4. The molecular formula is C34H20N6O4. The Morgan fingerprint density at radius 1 is 0.409 bits per heavy atom. The number of anilines is 2. The predicted octanol–water partition coefficient (Wildman–Crippen LogP) is 8.08. The standard InChI is InChI=1S/C34H20N6O4/c35-19-11-13-25-23(15-19)37-31(41-25)33-39-29-21(3-1-5-27(29)43-33)17-7-9-18(10-8-17)22-4-2-6-28-30(22)40-34(44-28)32-38-24-16-20(36)12-14-26(24)42-32/h1-16H,35-36H2. The van der Waals surface area contributed by atoms with E-state index >= 15 is 0 Å². The van der Waals surface area contributed by atoms with Crippen molar-refractivity contribution in [2.24, 2.45) is 0 Å². The molecule has 44 heavy (non-hydrogen) atoms. The van der Waals surface area contributed by atoms with E-state index in [1.165, 1.54) is 0 Å². The van der Waals surface area contributed by atoms with Crippen molar-refractivity contribution in [1.82, 2.24) is 19.9 Å². The first-order chi connectivity index (χ1) is 21.6. The second-order valence-electron chi connectivity index (χ2n) is 10.4. The molecule has 0 saturated carbocycles. The van der Waals surface area contributed by atoms with Crippen LogP contribution in [0.1, 0.15) is 0 Å². The minimum atomic E-state index is 0.296. The number of nitrogen functional groups attached to an aromatic ring is 2. The SMILES string of the molecule is Nc1ccc2oc(-c3nc4c(-c5ccc(-c6cccc7oc(-c8nc9cc(N)ccc9o8)nc67)cc5)cccc4o3)nc2c1. The van der Waals surface area contributed by atoms with Crippen LogP contribution in [0.5, 0.6) is 0 Å². The lowest BCUT2D eigenvalue weighted by atomic mass is 9.99. The molecule has 0 amide bonds. The van der Waals surface area contributed by atoms with Crippen molar-refractivity contribution < 1.29 is 17.7 Å². The number of aromatic nitrogens is 4. The van der Waals surface area contributed by atoms with Crippen LogP contribution in [0.2, 0.25) is 0 Å². The van der Waals surface area contributed by atoms with E-state index in [0.29, 0.717) is 79.3 Å². The zero-order chi connectivity index (χ0) is 29.4. The van der Waals surface area contributed by atoms with Gasteiger partial charge in [-0.15, -0.1) is 0 Å². The van der Waals surface area contributed by atoms with Crippen molar-refractivity contribution in [3.8, 4) is 45.8 Å². The van der Waals surface area contributed by atoms with Crippen LogP contribution in [-0.4, -0.2) is 19.9 Å². The van der Waals surface area contributed by atoms with Gasteiger partial charge in [0, 0.05) is 22.5 Å². The van der Waals surface area contributed by atoms with Gasteiger partial charge < -0.3 is 29.1 Å². The largest absolute Gasteiger partial charge is 0.432 e. The van der Waals surface area contributed by atoms with Gasteiger partial charge in [-0.2, -0.15) is 0 Å². The Balaban J connectivity index is 1.07. The van der Waals surface area contributed by atoms with Crippen LogP contribution in [0.15, 0.2) is 115 Å². The van der Waals surface area contributed by atoms with Crippen molar-refractivity contribution >= 4 is 55.8 Å². The topological polar surface area (TPSA) is 156 Å². The van der Waals surface area contributed by atoms with E-state index in [1.54, 1.807) is 36.4 Å². The van der Waals surface area contributed by atoms with Crippen LogP contribution >= 0.6 is 0 Å². The molecule has 0 atom stereocenters. The van der Waals surface area contributed by atoms with Crippen molar-refractivity contribution in [3.05, 3.63) is 97.1 Å². The first-order valence-electron chi connectivity index (χ1n) is 13.8. The van der Waals surface area contributed by atoms with Crippen LogP contribution in [0.3, 0.4) is 0 Å². The predicted molar refractivity (Wildman–Crippen MR) is 167 cm³/mol. The van der Waals surface area contributed by atoms with Gasteiger partial charge in [0.2, 0.25) is 0 Å².